The first kappa shape index (κ1) is 22.8. The molecule has 1 saturated carbocycles. The van der Waals surface area contributed by atoms with Crippen molar-refractivity contribution in [2.45, 2.75) is 44.7 Å². The van der Waals surface area contributed by atoms with E-state index in [-0.39, 0.29) is 17.4 Å². The zero-order valence-corrected chi connectivity index (χ0v) is 20.4. The Hall–Kier alpha value is -3.59. The number of fused-ring (bicyclic) bond motifs is 1. The SMILES string of the molecule is Cc1cccc2cc([C@@H](c3nnnn3C3CCCC3)N3CCN(c4ccccc4F)CC3)c(=O)[nH]c12. The van der Waals surface area contributed by atoms with E-state index < -0.39 is 6.04 Å². The lowest BCUT2D eigenvalue weighted by molar-refractivity contribution is 0.196. The number of hydrogen-bond acceptors (Lipinski definition) is 6. The summed E-state index contributed by atoms with van der Waals surface area (Å²) >= 11 is 0. The average molecular weight is 488 g/mol. The summed E-state index contributed by atoms with van der Waals surface area (Å²) in [6.45, 7) is 4.60. The van der Waals surface area contributed by atoms with Crippen LogP contribution in [-0.2, 0) is 0 Å². The van der Waals surface area contributed by atoms with Gasteiger partial charge in [0.2, 0.25) is 0 Å². The van der Waals surface area contributed by atoms with Gasteiger partial charge in [0.15, 0.2) is 5.82 Å². The quantitative estimate of drug-likeness (QED) is 0.458. The maximum absolute atomic E-state index is 14.4. The molecule has 9 heteroatoms. The monoisotopic (exact) mass is 487 g/mol. The molecule has 1 saturated heterocycles. The Morgan fingerprint density at radius 1 is 1.03 bits per heavy atom. The van der Waals surface area contributed by atoms with Crippen LogP contribution in [0.15, 0.2) is 53.3 Å². The van der Waals surface area contributed by atoms with Crippen molar-refractivity contribution in [2.75, 3.05) is 31.1 Å². The van der Waals surface area contributed by atoms with Gasteiger partial charge in [0, 0.05) is 31.7 Å². The number of nitrogens with one attached hydrogen (secondary N) is 1. The molecule has 6 rings (SSSR count). The van der Waals surface area contributed by atoms with E-state index in [2.05, 4.69) is 30.3 Å². The third kappa shape index (κ3) is 4.07. The highest BCUT2D eigenvalue weighted by Gasteiger charge is 2.35. The van der Waals surface area contributed by atoms with E-state index in [4.69, 9.17) is 0 Å². The smallest absolute Gasteiger partial charge is 0.253 e. The Balaban J connectivity index is 1.40. The number of pyridine rings is 1. The highest BCUT2D eigenvalue weighted by molar-refractivity contribution is 5.82. The van der Waals surface area contributed by atoms with Crippen molar-refractivity contribution in [3.63, 3.8) is 0 Å². The second-order valence-corrected chi connectivity index (χ2v) is 9.89. The standard InChI is InChI=1S/C27H30FN7O/c1-18-7-6-8-19-17-21(27(36)29-24(18)19)25(26-30-31-32-35(26)20-9-2-3-10-20)34-15-13-33(14-16-34)23-12-5-4-11-22(23)28/h4-8,11-12,17,20,25H,2-3,9-10,13-16H2,1H3,(H,29,36)/t25-/m0/s1. The number of para-hydroxylation sites is 2. The fraction of sp³-hybridized carbons (Fsp3) is 0.407. The van der Waals surface area contributed by atoms with Crippen LogP contribution in [0.4, 0.5) is 10.1 Å². The average Bonchev–Trinajstić information content (AvgIpc) is 3.59. The fourth-order valence-corrected chi connectivity index (χ4v) is 5.82. The van der Waals surface area contributed by atoms with Crippen LogP contribution in [-0.4, -0.2) is 56.3 Å². The Labute approximate surface area is 208 Å². The molecular formula is C27H30FN7O. The number of halogens is 1. The van der Waals surface area contributed by atoms with Crippen LogP contribution in [0.2, 0.25) is 0 Å². The third-order valence-electron chi connectivity index (χ3n) is 7.72. The molecule has 0 spiro atoms. The van der Waals surface area contributed by atoms with E-state index in [1.165, 1.54) is 6.07 Å². The number of tetrazole rings is 1. The molecule has 0 radical (unpaired) electrons. The summed E-state index contributed by atoms with van der Waals surface area (Å²) < 4.78 is 16.4. The van der Waals surface area contributed by atoms with Crippen LogP contribution in [0, 0.1) is 12.7 Å². The van der Waals surface area contributed by atoms with Crippen LogP contribution in [0.5, 0.6) is 0 Å². The van der Waals surface area contributed by atoms with E-state index in [0.29, 0.717) is 43.3 Å². The number of aromatic amines is 1. The number of aromatic nitrogens is 5. The minimum atomic E-state index is -0.392. The summed E-state index contributed by atoms with van der Waals surface area (Å²) in [6, 6.07) is 14.8. The molecule has 3 heterocycles. The van der Waals surface area contributed by atoms with Crippen LogP contribution >= 0.6 is 0 Å². The van der Waals surface area contributed by atoms with Crippen LogP contribution < -0.4 is 10.5 Å². The molecule has 4 aromatic rings. The molecule has 2 aliphatic rings. The van der Waals surface area contributed by atoms with E-state index >= 15 is 0 Å². The molecule has 2 fully saturated rings. The van der Waals surface area contributed by atoms with E-state index in [0.717, 1.165) is 42.1 Å². The van der Waals surface area contributed by atoms with Gasteiger partial charge in [-0.3, -0.25) is 9.69 Å². The van der Waals surface area contributed by atoms with E-state index in [1.54, 1.807) is 6.07 Å². The molecule has 186 valence electrons. The van der Waals surface area contributed by atoms with Gasteiger partial charge >= 0.3 is 0 Å². The molecule has 0 bridgehead atoms. The lowest BCUT2D eigenvalue weighted by Gasteiger charge is -2.39. The maximum Gasteiger partial charge on any atom is 0.253 e. The maximum atomic E-state index is 14.4. The Bertz CT molecular complexity index is 1430. The Kier molecular flexibility index (Phi) is 6.00. The molecule has 2 aromatic heterocycles. The summed E-state index contributed by atoms with van der Waals surface area (Å²) in [5.41, 5.74) is 3.01. The van der Waals surface area contributed by atoms with Crippen molar-refractivity contribution >= 4 is 16.6 Å². The summed E-state index contributed by atoms with van der Waals surface area (Å²) in [7, 11) is 0. The molecular weight excluding hydrogens is 457 g/mol. The Morgan fingerprint density at radius 2 is 1.81 bits per heavy atom. The van der Waals surface area contributed by atoms with Gasteiger partial charge in [-0.25, -0.2) is 9.07 Å². The first-order valence-electron chi connectivity index (χ1n) is 12.7. The highest BCUT2D eigenvalue weighted by Crippen LogP contribution is 2.34. The van der Waals surface area contributed by atoms with E-state index in [1.807, 2.05) is 48.0 Å². The first-order chi connectivity index (χ1) is 17.6. The molecule has 1 N–H and O–H groups in total. The lowest BCUT2D eigenvalue weighted by Crippen LogP contribution is -2.49. The second kappa shape index (κ2) is 9.46. The van der Waals surface area contributed by atoms with Gasteiger partial charge in [-0.15, -0.1) is 5.10 Å². The number of nitrogens with zero attached hydrogens (tertiary/aromatic N) is 6. The molecule has 2 aromatic carbocycles. The van der Waals surface area contributed by atoms with Crippen molar-refractivity contribution in [3.05, 3.63) is 81.7 Å². The minimum absolute atomic E-state index is 0.126. The van der Waals surface area contributed by atoms with Gasteiger partial charge in [-0.05, 0) is 59.3 Å². The van der Waals surface area contributed by atoms with Crippen molar-refractivity contribution in [3.8, 4) is 0 Å². The number of piperazine rings is 1. The number of anilines is 1. The number of hydrogen-bond donors (Lipinski definition) is 1. The van der Waals surface area contributed by atoms with Gasteiger partial charge < -0.3 is 9.88 Å². The number of rotatable bonds is 5. The summed E-state index contributed by atoms with van der Waals surface area (Å²) in [4.78, 5) is 21.0. The summed E-state index contributed by atoms with van der Waals surface area (Å²) in [5.74, 6) is 0.493. The molecule has 1 atom stereocenters. The predicted molar refractivity (Wildman–Crippen MR) is 137 cm³/mol. The first-order valence-corrected chi connectivity index (χ1v) is 12.7. The van der Waals surface area contributed by atoms with Crippen molar-refractivity contribution in [1.82, 2.24) is 30.1 Å². The van der Waals surface area contributed by atoms with Gasteiger partial charge in [-0.2, -0.15) is 0 Å². The van der Waals surface area contributed by atoms with Crippen molar-refractivity contribution < 1.29 is 4.39 Å². The zero-order chi connectivity index (χ0) is 24.6. The number of benzene rings is 2. The van der Waals surface area contributed by atoms with Crippen LogP contribution in [0.25, 0.3) is 10.9 Å². The third-order valence-corrected chi connectivity index (χ3v) is 7.72. The largest absolute Gasteiger partial charge is 0.367 e. The van der Waals surface area contributed by atoms with Crippen molar-refractivity contribution in [1.29, 1.82) is 0 Å². The number of aryl methyl sites for hydroxylation is 1. The minimum Gasteiger partial charge on any atom is -0.367 e. The summed E-state index contributed by atoms with van der Waals surface area (Å²) in [6.07, 6.45) is 4.40. The van der Waals surface area contributed by atoms with Gasteiger partial charge in [-0.1, -0.05) is 43.2 Å². The normalized spacial score (nSPS) is 18.2. The zero-order valence-electron chi connectivity index (χ0n) is 20.4. The predicted octanol–water partition coefficient (Wildman–Crippen LogP) is 3.99. The molecule has 0 amide bonds. The summed E-state index contributed by atoms with van der Waals surface area (Å²) in [5, 5.41) is 13.9. The molecule has 1 aliphatic heterocycles. The fourth-order valence-electron chi connectivity index (χ4n) is 5.82. The van der Waals surface area contributed by atoms with Gasteiger partial charge in [0.25, 0.3) is 5.56 Å². The lowest BCUT2D eigenvalue weighted by atomic mass is 10.0. The molecule has 0 unspecified atom stereocenters. The van der Waals surface area contributed by atoms with Crippen LogP contribution in [0.1, 0.15) is 54.7 Å². The Morgan fingerprint density at radius 3 is 2.58 bits per heavy atom. The van der Waals surface area contributed by atoms with E-state index in [9.17, 15) is 9.18 Å². The van der Waals surface area contributed by atoms with Gasteiger partial charge in [0.1, 0.15) is 11.9 Å². The molecule has 36 heavy (non-hydrogen) atoms. The molecule has 1 aliphatic carbocycles. The van der Waals surface area contributed by atoms with Crippen LogP contribution in [0.3, 0.4) is 0 Å². The van der Waals surface area contributed by atoms with Crippen molar-refractivity contribution in [2.24, 2.45) is 0 Å². The van der Waals surface area contributed by atoms with Gasteiger partial charge in [0.05, 0.1) is 17.2 Å². The second-order valence-electron chi connectivity index (χ2n) is 9.89. The number of H-pyrrole nitrogens is 1. The highest BCUT2D eigenvalue weighted by atomic mass is 19.1. The molecule has 8 nitrogen and oxygen atoms in total. The topological polar surface area (TPSA) is 82.9 Å².